The summed E-state index contributed by atoms with van der Waals surface area (Å²) in [6, 6.07) is 15.3. The van der Waals surface area contributed by atoms with Crippen LogP contribution in [0.3, 0.4) is 0 Å². The summed E-state index contributed by atoms with van der Waals surface area (Å²) in [6.45, 7) is 4.13. The zero-order chi connectivity index (χ0) is 23.4. The molecule has 1 aliphatic carbocycles. The largest absolute Gasteiger partial charge is 0.421 e. The molecule has 0 atom stereocenters. The standard InChI is InChI=1S/C26H29F3N4/c1-17(2)18-8-12-21(13-9-18)31-24-23(26(27,28)29)16-30-25(33-24)32-22-14-10-20(11-15-22)19-6-4-3-5-7-19/h8-17,19H,3-7H2,1-2H3,(H2,30,31,32,33). The smallest absolute Gasteiger partial charge is 0.340 e. The van der Waals surface area contributed by atoms with Gasteiger partial charge in [-0.05, 0) is 60.1 Å². The van der Waals surface area contributed by atoms with Gasteiger partial charge in [-0.3, -0.25) is 0 Å². The SMILES string of the molecule is CC(C)c1ccc(Nc2nc(Nc3ccc(C4CCCCC4)cc3)ncc2C(F)(F)F)cc1. The zero-order valence-electron chi connectivity index (χ0n) is 18.9. The van der Waals surface area contributed by atoms with Crippen LogP contribution in [0, 0.1) is 0 Å². The Bertz CT molecular complexity index is 1050. The van der Waals surface area contributed by atoms with Gasteiger partial charge in [0.25, 0.3) is 0 Å². The van der Waals surface area contributed by atoms with Gasteiger partial charge in [0.15, 0.2) is 0 Å². The second-order valence-corrected chi connectivity index (χ2v) is 8.94. The van der Waals surface area contributed by atoms with E-state index in [-0.39, 0.29) is 11.8 Å². The van der Waals surface area contributed by atoms with Crippen LogP contribution in [0.2, 0.25) is 0 Å². The summed E-state index contributed by atoms with van der Waals surface area (Å²) in [5.74, 6) is 0.753. The molecule has 0 radical (unpaired) electrons. The molecule has 1 aliphatic rings. The number of aromatic nitrogens is 2. The highest BCUT2D eigenvalue weighted by Gasteiger charge is 2.35. The topological polar surface area (TPSA) is 49.8 Å². The highest BCUT2D eigenvalue weighted by Crippen LogP contribution is 2.36. The molecule has 1 aromatic heterocycles. The van der Waals surface area contributed by atoms with Gasteiger partial charge in [-0.25, -0.2) is 4.98 Å². The molecule has 1 fully saturated rings. The van der Waals surface area contributed by atoms with Gasteiger partial charge in [-0.1, -0.05) is 57.4 Å². The molecule has 0 unspecified atom stereocenters. The quantitative estimate of drug-likeness (QED) is 0.394. The summed E-state index contributed by atoms with van der Waals surface area (Å²) >= 11 is 0. The van der Waals surface area contributed by atoms with Crippen molar-refractivity contribution in [3.05, 3.63) is 71.4 Å². The van der Waals surface area contributed by atoms with Crippen molar-refractivity contribution in [2.24, 2.45) is 0 Å². The Kier molecular flexibility index (Phi) is 6.86. The first-order chi connectivity index (χ1) is 15.8. The van der Waals surface area contributed by atoms with E-state index in [0.29, 0.717) is 17.5 Å². The molecular weight excluding hydrogens is 425 g/mol. The molecule has 0 bridgehead atoms. The number of rotatable bonds is 6. The third-order valence-electron chi connectivity index (χ3n) is 6.18. The summed E-state index contributed by atoms with van der Waals surface area (Å²) in [4.78, 5) is 8.06. The van der Waals surface area contributed by atoms with Gasteiger partial charge in [-0.2, -0.15) is 18.2 Å². The second kappa shape index (κ2) is 9.81. The highest BCUT2D eigenvalue weighted by molar-refractivity contribution is 5.63. The molecule has 7 heteroatoms. The lowest BCUT2D eigenvalue weighted by atomic mass is 9.84. The number of benzene rings is 2. The lowest BCUT2D eigenvalue weighted by Gasteiger charge is -2.22. The van der Waals surface area contributed by atoms with Crippen LogP contribution >= 0.6 is 0 Å². The van der Waals surface area contributed by atoms with Crippen LogP contribution < -0.4 is 10.6 Å². The number of hydrogen-bond acceptors (Lipinski definition) is 4. The first-order valence-electron chi connectivity index (χ1n) is 11.5. The lowest BCUT2D eigenvalue weighted by molar-refractivity contribution is -0.137. The Labute approximate surface area is 192 Å². The fraction of sp³-hybridized carbons (Fsp3) is 0.385. The average molecular weight is 455 g/mol. The number of hydrogen-bond donors (Lipinski definition) is 2. The molecule has 1 heterocycles. The maximum absolute atomic E-state index is 13.6. The molecule has 2 aromatic carbocycles. The van der Waals surface area contributed by atoms with Crippen molar-refractivity contribution in [3.8, 4) is 0 Å². The minimum absolute atomic E-state index is 0.106. The van der Waals surface area contributed by atoms with Gasteiger partial charge in [0, 0.05) is 17.6 Å². The molecule has 0 spiro atoms. The van der Waals surface area contributed by atoms with Crippen LogP contribution in [0.1, 0.15) is 74.5 Å². The molecular formula is C26H29F3N4. The van der Waals surface area contributed by atoms with E-state index in [9.17, 15) is 13.2 Å². The van der Waals surface area contributed by atoms with Crippen LogP contribution in [0.25, 0.3) is 0 Å². The van der Waals surface area contributed by atoms with E-state index in [2.05, 4.69) is 46.6 Å². The van der Waals surface area contributed by atoms with Gasteiger partial charge in [0.2, 0.25) is 5.95 Å². The first kappa shape index (κ1) is 23.1. The van der Waals surface area contributed by atoms with Gasteiger partial charge in [0.1, 0.15) is 11.4 Å². The Morgan fingerprint density at radius 3 is 2.06 bits per heavy atom. The zero-order valence-corrected chi connectivity index (χ0v) is 18.9. The van der Waals surface area contributed by atoms with Gasteiger partial charge < -0.3 is 10.6 Å². The van der Waals surface area contributed by atoms with Crippen LogP contribution in [-0.4, -0.2) is 9.97 Å². The van der Waals surface area contributed by atoms with Crippen molar-refractivity contribution in [1.82, 2.24) is 9.97 Å². The Morgan fingerprint density at radius 1 is 0.848 bits per heavy atom. The average Bonchev–Trinajstić information content (AvgIpc) is 2.80. The predicted molar refractivity (Wildman–Crippen MR) is 126 cm³/mol. The van der Waals surface area contributed by atoms with Crippen molar-refractivity contribution in [2.75, 3.05) is 10.6 Å². The maximum atomic E-state index is 13.6. The van der Waals surface area contributed by atoms with Gasteiger partial charge in [0.05, 0.1) is 0 Å². The molecule has 174 valence electrons. The molecule has 4 rings (SSSR count). The van der Waals surface area contributed by atoms with Crippen molar-refractivity contribution in [1.29, 1.82) is 0 Å². The number of alkyl halides is 3. The van der Waals surface area contributed by atoms with E-state index < -0.39 is 11.7 Å². The normalized spacial score (nSPS) is 15.0. The third kappa shape index (κ3) is 5.83. The van der Waals surface area contributed by atoms with Crippen LogP contribution in [-0.2, 0) is 6.18 Å². The van der Waals surface area contributed by atoms with E-state index in [0.717, 1.165) is 17.4 Å². The van der Waals surface area contributed by atoms with E-state index in [1.807, 2.05) is 24.3 Å². The molecule has 2 N–H and O–H groups in total. The molecule has 3 aromatic rings. The van der Waals surface area contributed by atoms with Crippen molar-refractivity contribution in [3.63, 3.8) is 0 Å². The molecule has 33 heavy (non-hydrogen) atoms. The van der Waals surface area contributed by atoms with E-state index in [1.54, 1.807) is 12.1 Å². The van der Waals surface area contributed by atoms with Crippen molar-refractivity contribution in [2.45, 2.75) is 64.0 Å². The first-order valence-corrected chi connectivity index (χ1v) is 11.5. The summed E-state index contributed by atoms with van der Waals surface area (Å²) in [7, 11) is 0. The second-order valence-electron chi connectivity index (χ2n) is 8.94. The summed E-state index contributed by atoms with van der Waals surface area (Å²) in [6.07, 6.45) is 2.50. The van der Waals surface area contributed by atoms with E-state index in [4.69, 9.17) is 0 Å². The van der Waals surface area contributed by atoms with Crippen LogP contribution in [0.5, 0.6) is 0 Å². The van der Waals surface area contributed by atoms with Crippen LogP contribution in [0.15, 0.2) is 54.7 Å². The summed E-state index contributed by atoms with van der Waals surface area (Å²) in [5, 5.41) is 5.85. The molecule has 1 saturated carbocycles. The monoisotopic (exact) mass is 454 g/mol. The lowest BCUT2D eigenvalue weighted by Crippen LogP contribution is -2.12. The summed E-state index contributed by atoms with van der Waals surface area (Å²) < 4.78 is 40.7. The molecule has 4 nitrogen and oxygen atoms in total. The molecule has 0 aliphatic heterocycles. The minimum Gasteiger partial charge on any atom is -0.340 e. The van der Waals surface area contributed by atoms with Gasteiger partial charge in [-0.15, -0.1) is 0 Å². The number of anilines is 4. The number of halogens is 3. The van der Waals surface area contributed by atoms with E-state index in [1.165, 1.54) is 37.7 Å². The van der Waals surface area contributed by atoms with Gasteiger partial charge >= 0.3 is 6.18 Å². The Balaban J connectivity index is 1.54. The fourth-order valence-corrected chi connectivity index (χ4v) is 4.24. The van der Waals surface area contributed by atoms with E-state index >= 15 is 0 Å². The summed E-state index contributed by atoms with van der Waals surface area (Å²) in [5.41, 5.74) is 2.78. The Morgan fingerprint density at radius 2 is 1.45 bits per heavy atom. The van der Waals surface area contributed by atoms with Crippen LogP contribution in [0.4, 0.5) is 36.3 Å². The fourth-order valence-electron chi connectivity index (χ4n) is 4.24. The number of nitrogens with zero attached hydrogens (tertiary/aromatic N) is 2. The molecule has 0 amide bonds. The van der Waals surface area contributed by atoms with Crippen molar-refractivity contribution < 1.29 is 13.2 Å². The van der Waals surface area contributed by atoms with Crippen molar-refractivity contribution >= 4 is 23.1 Å². The maximum Gasteiger partial charge on any atom is 0.421 e. The predicted octanol–water partition coefficient (Wildman–Crippen LogP) is 8.15. The Hall–Kier alpha value is -3.09. The highest BCUT2D eigenvalue weighted by atomic mass is 19.4. The number of nitrogens with one attached hydrogen (secondary N) is 2. The third-order valence-corrected chi connectivity index (χ3v) is 6.18. The molecule has 0 saturated heterocycles. The minimum atomic E-state index is -4.57.